The first-order valence-corrected chi connectivity index (χ1v) is 11.9. The van der Waals surface area contributed by atoms with Gasteiger partial charge in [-0.25, -0.2) is 17.9 Å². The fourth-order valence-corrected chi connectivity index (χ4v) is 5.58. The monoisotopic (exact) mass is 447 g/mol. The van der Waals surface area contributed by atoms with Gasteiger partial charge in [0.1, 0.15) is 0 Å². The van der Waals surface area contributed by atoms with Gasteiger partial charge in [-0.15, -0.1) is 0 Å². The summed E-state index contributed by atoms with van der Waals surface area (Å²) in [6, 6.07) is 1.43. The quantitative estimate of drug-likeness (QED) is 0.534. The number of fused-ring (bicyclic) bond motifs is 2. The maximum atomic E-state index is 12.4. The molecule has 10 heteroatoms. The Balaban J connectivity index is 1.55. The second kappa shape index (κ2) is 9.13. The van der Waals surface area contributed by atoms with Crippen molar-refractivity contribution in [3.05, 3.63) is 28.3 Å². The van der Waals surface area contributed by atoms with Gasteiger partial charge in [-0.2, -0.15) is 13.2 Å². The average Bonchev–Trinajstić information content (AvgIpc) is 3.25. The maximum Gasteiger partial charge on any atom is 0.390 e. The van der Waals surface area contributed by atoms with Crippen molar-refractivity contribution < 1.29 is 26.4 Å². The molecule has 0 aromatic heterocycles. The molecule has 1 unspecified atom stereocenters. The Morgan fingerprint density at radius 1 is 1.10 bits per heavy atom. The fraction of sp³-hybridized carbons (Fsp3) is 0.650. The van der Waals surface area contributed by atoms with Crippen molar-refractivity contribution in [3.8, 4) is 0 Å². The van der Waals surface area contributed by atoms with Gasteiger partial charge in [0.2, 0.25) is 10.0 Å². The zero-order valence-electron chi connectivity index (χ0n) is 17.0. The highest BCUT2D eigenvalue weighted by atomic mass is 32.2. The summed E-state index contributed by atoms with van der Waals surface area (Å²) in [5.41, 5.74) is 5.42. The van der Waals surface area contributed by atoms with Crippen molar-refractivity contribution in [1.29, 1.82) is 0 Å². The van der Waals surface area contributed by atoms with E-state index in [1.807, 2.05) is 4.72 Å². The van der Waals surface area contributed by atoms with Crippen LogP contribution in [-0.4, -0.2) is 39.5 Å². The van der Waals surface area contributed by atoms with E-state index in [1.54, 1.807) is 6.92 Å². The van der Waals surface area contributed by atoms with Crippen LogP contribution in [0.15, 0.2) is 6.07 Å². The van der Waals surface area contributed by atoms with E-state index < -0.39 is 34.6 Å². The van der Waals surface area contributed by atoms with E-state index in [9.17, 15) is 26.4 Å². The number of halogens is 3. The normalized spacial score (nSPS) is 16.8. The number of alkyl halides is 3. The minimum Gasteiger partial charge on any atom is -0.316 e. The van der Waals surface area contributed by atoms with Gasteiger partial charge in [0.25, 0.3) is 0 Å². The highest BCUT2D eigenvalue weighted by Crippen LogP contribution is 2.38. The highest BCUT2D eigenvalue weighted by molar-refractivity contribution is 7.90. The molecule has 2 aliphatic rings. The third-order valence-electron chi connectivity index (χ3n) is 5.54. The summed E-state index contributed by atoms with van der Waals surface area (Å²) in [5.74, 6) is -0.807. The van der Waals surface area contributed by atoms with Crippen LogP contribution in [0.5, 0.6) is 0 Å². The summed E-state index contributed by atoms with van der Waals surface area (Å²) in [5, 5.41) is 5.37. The summed E-state index contributed by atoms with van der Waals surface area (Å²) in [6.45, 7) is 1.44. The predicted molar refractivity (Wildman–Crippen MR) is 109 cm³/mol. The van der Waals surface area contributed by atoms with E-state index in [-0.39, 0.29) is 18.8 Å². The number of nitrogens with one attached hydrogen (secondary N) is 3. The van der Waals surface area contributed by atoms with Crippen molar-refractivity contribution >= 4 is 21.7 Å². The minimum absolute atomic E-state index is 0.109. The second-order valence-corrected chi connectivity index (χ2v) is 10.0. The van der Waals surface area contributed by atoms with Crippen molar-refractivity contribution in [2.75, 3.05) is 24.2 Å². The Morgan fingerprint density at radius 2 is 1.70 bits per heavy atom. The SMILES string of the molecule is CC(CNCCC(F)(F)F)CS(=O)(=O)NC(=O)Nc1c2c(cc3c1CCC3)CCC2. The van der Waals surface area contributed by atoms with Gasteiger partial charge in [-0.05, 0) is 73.2 Å². The first-order valence-electron chi connectivity index (χ1n) is 10.3. The first kappa shape index (κ1) is 22.9. The van der Waals surface area contributed by atoms with Gasteiger partial charge >= 0.3 is 12.2 Å². The Hall–Kier alpha value is -1.81. The van der Waals surface area contributed by atoms with Crippen LogP contribution in [0.1, 0.15) is 48.4 Å². The van der Waals surface area contributed by atoms with E-state index in [0.717, 1.165) is 55.3 Å². The zero-order chi connectivity index (χ0) is 21.9. The molecule has 0 aliphatic heterocycles. The van der Waals surface area contributed by atoms with Crippen LogP contribution in [0.2, 0.25) is 0 Å². The number of hydrogen-bond acceptors (Lipinski definition) is 4. The number of carbonyl (C=O) groups excluding carboxylic acids is 1. The molecule has 0 radical (unpaired) electrons. The Morgan fingerprint density at radius 3 is 2.27 bits per heavy atom. The van der Waals surface area contributed by atoms with E-state index in [0.29, 0.717) is 0 Å². The number of hydrogen-bond donors (Lipinski definition) is 3. The predicted octanol–water partition coefficient (Wildman–Crippen LogP) is 3.29. The number of amides is 2. The number of aryl methyl sites for hydroxylation is 2. The summed E-state index contributed by atoms with van der Waals surface area (Å²) < 4.78 is 63.1. The molecule has 0 saturated carbocycles. The molecule has 3 rings (SSSR count). The van der Waals surface area contributed by atoms with Crippen LogP contribution in [-0.2, 0) is 35.7 Å². The minimum atomic E-state index is -4.25. The van der Waals surface area contributed by atoms with Gasteiger partial charge in [0, 0.05) is 12.2 Å². The van der Waals surface area contributed by atoms with Crippen LogP contribution in [0.4, 0.5) is 23.7 Å². The first-order chi connectivity index (χ1) is 14.0. The zero-order valence-corrected chi connectivity index (χ0v) is 17.8. The lowest BCUT2D eigenvalue weighted by Crippen LogP contribution is -2.39. The fourth-order valence-electron chi connectivity index (χ4n) is 4.30. The molecule has 30 heavy (non-hydrogen) atoms. The lowest BCUT2D eigenvalue weighted by atomic mass is 9.99. The summed E-state index contributed by atoms with van der Waals surface area (Å²) >= 11 is 0. The van der Waals surface area contributed by atoms with Crippen LogP contribution in [0.3, 0.4) is 0 Å². The smallest absolute Gasteiger partial charge is 0.316 e. The van der Waals surface area contributed by atoms with Crippen molar-refractivity contribution in [3.63, 3.8) is 0 Å². The summed E-state index contributed by atoms with van der Waals surface area (Å²) in [6.07, 6.45) is 0.485. The molecule has 1 aromatic carbocycles. The lowest BCUT2D eigenvalue weighted by Gasteiger charge is -2.17. The molecular formula is C20H28F3N3O3S. The van der Waals surface area contributed by atoms with Gasteiger partial charge in [-0.1, -0.05) is 13.0 Å². The topological polar surface area (TPSA) is 87.3 Å². The lowest BCUT2D eigenvalue weighted by molar-refractivity contribution is -0.133. The van der Waals surface area contributed by atoms with Crippen molar-refractivity contribution in [2.45, 2.75) is 58.0 Å². The van der Waals surface area contributed by atoms with Crippen molar-refractivity contribution in [1.82, 2.24) is 10.0 Å². The van der Waals surface area contributed by atoms with Crippen LogP contribution < -0.4 is 15.4 Å². The third-order valence-corrected chi connectivity index (χ3v) is 7.05. The number of rotatable bonds is 8. The molecule has 0 fully saturated rings. The molecule has 2 aliphatic carbocycles. The number of benzene rings is 1. The molecule has 0 heterocycles. The van der Waals surface area contributed by atoms with Crippen molar-refractivity contribution in [2.24, 2.45) is 5.92 Å². The summed E-state index contributed by atoms with van der Waals surface area (Å²) in [7, 11) is -3.92. The van der Waals surface area contributed by atoms with Gasteiger partial charge in [0.15, 0.2) is 0 Å². The largest absolute Gasteiger partial charge is 0.390 e. The van der Waals surface area contributed by atoms with E-state index in [2.05, 4.69) is 16.7 Å². The summed E-state index contributed by atoms with van der Waals surface area (Å²) in [4.78, 5) is 12.4. The molecular weight excluding hydrogens is 419 g/mol. The van der Waals surface area contributed by atoms with Crippen LogP contribution in [0.25, 0.3) is 0 Å². The molecule has 3 N–H and O–H groups in total. The third kappa shape index (κ3) is 6.10. The van der Waals surface area contributed by atoms with E-state index in [4.69, 9.17) is 0 Å². The van der Waals surface area contributed by atoms with Crippen LogP contribution in [0, 0.1) is 5.92 Å². The standard InChI is InChI=1S/C20H28F3N3O3S/c1-13(11-24-9-8-20(21,22)23)12-30(28,29)26-19(27)25-18-16-6-2-4-14(16)10-15-5-3-7-17(15)18/h10,13,24H,2-9,11-12H2,1H3,(H2,25,26,27). The van der Waals surface area contributed by atoms with Gasteiger partial charge in [0.05, 0.1) is 12.2 Å². The Labute approximate surface area is 175 Å². The molecule has 0 spiro atoms. The molecule has 1 aromatic rings. The molecule has 1 atom stereocenters. The molecule has 168 valence electrons. The Kier molecular flexibility index (Phi) is 6.96. The van der Waals surface area contributed by atoms with E-state index in [1.165, 1.54) is 11.1 Å². The molecule has 2 amide bonds. The Bertz CT molecular complexity index is 869. The number of sulfonamides is 1. The number of anilines is 1. The molecule has 0 saturated heterocycles. The van der Waals surface area contributed by atoms with Gasteiger partial charge < -0.3 is 10.6 Å². The second-order valence-electron chi connectivity index (χ2n) is 8.25. The van der Waals surface area contributed by atoms with Gasteiger partial charge in [-0.3, -0.25) is 0 Å². The number of urea groups is 1. The highest BCUT2D eigenvalue weighted by Gasteiger charge is 2.27. The number of carbonyl (C=O) groups is 1. The maximum absolute atomic E-state index is 12.4. The molecule has 6 nitrogen and oxygen atoms in total. The van der Waals surface area contributed by atoms with Crippen LogP contribution >= 0.6 is 0 Å². The average molecular weight is 448 g/mol. The van der Waals surface area contributed by atoms with E-state index >= 15 is 0 Å². The molecule has 0 bridgehead atoms.